The molecule has 1 aromatic rings. The molecular formula is C11H20N4O. The third-order valence-corrected chi connectivity index (χ3v) is 3.30. The Balaban J connectivity index is 1.78. The van der Waals surface area contributed by atoms with Crippen LogP contribution in [0.15, 0.2) is 12.4 Å². The minimum Gasteiger partial charge on any atom is -0.396 e. The molecule has 1 fully saturated rings. The smallest absolute Gasteiger partial charge is 0.0719 e. The highest BCUT2D eigenvalue weighted by molar-refractivity contribution is 5.30. The fraction of sp³-hybridized carbons (Fsp3) is 0.727. The van der Waals surface area contributed by atoms with Crippen molar-refractivity contribution in [1.82, 2.24) is 14.7 Å². The minimum atomic E-state index is -0.184. The second-order valence-corrected chi connectivity index (χ2v) is 4.67. The van der Waals surface area contributed by atoms with Gasteiger partial charge in [0.25, 0.3) is 0 Å². The van der Waals surface area contributed by atoms with Crippen LogP contribution in [0.3, 0.4) is 0 Å². The number of nitrogens with two attached hydrogens (primary N) is 1. The summed E-state index contributed by atoms with van der Waals surface area (Å²) >= 11 is 0. The topological polar surface area (TPSA) is 67.3 Å². The predicted octanol–water partition coefficient (Wildman–Crippen LogP) is 0.168. The molecule has 0 bridgehead atoms. The summed E-state index contributed by atoms with van der Waals surface area (Å²) in [6.45, 7) is 5.70. The van der Waals surface area contributed by atoms with Crippen LogP contribution < -0.4 is 5.73 Å². The van der Waals surface area contributed by atoms with Crippen LogP contribution in [0.5, 0.6) is 0 Å². The van der Waals surface area contributed by atoms with Crippen molar-refractivity contribution in [2.45, 2.75) is 26.0 Å². The number of rotatable bonds is 3. The number of hydrogen-bond acceptors (Lipinski definition) is 4. The molecule has 5 heteroatoms. The summed E-state index contributed by atoms with van der Waals surface area (Å²) < 4.78 is 1.85. The number of anilines is 1. The van der Waals surface area contributed by atoms with Crippen molar-refractivity contribution in [1.29, 1.82) is 0 Å². The first-order chi connectivity index (χ1) is 7.65. The van der Waals surface area contributed by atoms with E-state index in [1.165, 1.54) is 0 Å². The van der Waals surface area contributed by atoms with Crippen molar-refractivity contribution < 1.29 is 5.11 Å². The van der Waals surface area contributed by atoms with E-state index in [1.54, 1.807) is 6.20 Å². The number of β-amino-alcohol motifs (C(OH)–C–C–N with tert-alkyl or cyclic N) is 1. The second-order valence-electron chi connectivity index (χ2n) is 4.67. The summed E-state index contributed by atoms with van der Waals surface area (Å²) in [7, 11) is 0. The van der Waals surface area contributed by atoms with Gasteiger partial charge in [-0.3, -0.25) is 9.58 Å². The van der Waals surface area contributed by atoms with Gasteiger partial charge in [-0.15, -0.1) is 0 Å². The van der Waals surface area contributed by atoms with Gasteiger partial charge in [-0.25, -0.2) is 0 Å². The number of piperidine rings is 1. The number of nitrogens with zero attached hydrogens (tertiary/aromatic N) is 3. The quantitative estimate of drug-likeness (QED) is 0.768. The summed E-state index contributed by atoms with van der Waals surface area (Å²) in [6.07, 6.45) is 4.38. The summed E-state index contributed by atoms with van der Waals surface area (Å²) in [5.41, 5.74) is 6.29. The summed E-state index contributed by atoms with van der Waals surface area (Å²) in [6, 6.07) is 0. The molecule has 1 aliphatic rings. The molecule has 0 amide bonds. The molecule has 90 valence electrons. The van der Waals surface area contributed by atoms with E-state index < -0.39 is 0 Å². The van der Waals surface area contributed by atoms with Crippen LogP contribution >= 0.6 is 0 Å². The van der Waals surface area contributed by atoms with Gasteiger partial charge in [-0.1, -0.05) is 6.92 Å². The minimum absolute atomic E-state index is 0.184. The molecule has 0 saturated carbocycles. The van der Waals surface area contributed by atoms with Gasteiger partial charge in [0, 0.05) is 19.3 Å². The maximum absolute atomic E-state index is 9.77. The molecule has 3 N–H and O–H groups in total. The largest absolute Gasteiger partial charge is 0.396 e. The first-order valence-electron chi connectivity index (χ1n) is 5.83. The molecule has 2 atom stereocenters. The number of nitrogen functional groups attached to an aromatic ring is 1. The van der Waals surface area contributed by atoms with Crippen LogP contribution in [0.2, 0.25) is 0 Å². The van der Waals surface area contributed by atoms with Gasteiger partial charge in [-0.05, 0) is 18.9 Å². The van der Waals surface area contributed by atoms with Crippen molar-refractivity contribution in [3.63, 3.8) is 0 Å². The molecule has 16 heavy (non-hydrogen) atoms. The number of likely N-dealkylation sites (tertiary alicyclic amines) is 1. The fourth-order valence-electron chi connectivity index (χ4n) is 2.06. The Labute approximate surface area is 95.8 Å². The zero-order valence-electron chi connectivity index (χ0n) is 9.71. The van der Waals surface area contributed by atoms with Gasteiger partial charge < -0.3 is 10.8 Å². The Bertz CT molecular complexity index is 338. The molecule has 0 radical (unpaired) electrons. The molecule has 0 aromatic carbocycles. The zero-order chi connectivity index (χ0) is 11.5. The molecule has 1 aromatic heterocycles. The number of hydrogen-bond donors (Lipinski definition) is 2. The average molecular weight is 224 g/mol. The lowest BCUT2D eigenvalue weighted by Gasteiger charge is -2.34. The predicted molar refractivity (Wildman–Crippen MR) is 62.9 cm³/mol. The third kappa shape index (κ3) is 2.74. The lowest BCUT2D eigenvalue weighted by atomic mass is 9.96. The van der Waals surface area contributed by atoms with Crippen LogP contribution in [0.25, 0.3) is 0 Å². The van der Waals surface area contributed by atoms with Gasteiger partial charge in [0.1, 0.15) is 0 Å². The van der Waals surface area contributed by atoms with Crippen molar-refractivity contribution >= 4 is 5.69 Å². The second kappa shape index (κ2) is 4.84. The van der Waals surface area contributed by atoms with Gasteiger partial charge in [-0.2, -0.15) is 5.10 Å². The molecule has 0 spiro atoms. The molecule has 2 heterocycles. The van der Waals surface area contributed by atoms with Gasteiger partial charge in [0.05, 0.1) is 24.5 Å². The fourth-order valence-corrected chi connectivity index (χ4v) is 2.06. The van der Waals surface area contributed by atoms with E-state index in [1.807, 2.05) is 10.9 Å². The Kier molecular flexibility index (Phi) is 3.46. The molecule has 2 rings (SSSR count). The maximum Gasteiger partial charge on any atom is 0.0719 e. The van der Waals surface area contributed by atoms with E-state index in [4.69, 9.17) is 5.73 Å². The molecule has 1 aliphatic heterocycles. The SMILES string of the molecule is CC1CCN(CCn2cc(N)cn2)CC1O. The van der Waals surface area contributed by atoms with E-state index >= 15 is 0 Å². The van der Waals surface area contributed by atoms with Crippen LogP contribution in [0.1, 0.15) is 13.3 Å². The summed E-state index contributed by atoms with van der Waals surface area (Å²) in [4.78, 5) is 2.28. The van der Waals surface area contributed by atoms with Gasteiger partial charge in [0.2, 0.25) is 0 Å². The molecular weight excluding hydrogens is 204 g/mol. The van der Waals surface area contributed by atoms with E-state index in [2.05, 4.69) is 16.9 Å². The van der Waals surface area contributed by atoms with Crippen molar-refractivity contribution in [2.24, 2.45) is 5.92 Å². The van der Waals surface area contributed by atoms with E-state index in [0.29, 0.717) is 11.6 Å². The standard InChI is InChI=1S/C11H20N4O/c1-9-2-3-14(8-11(9)16)4-5-15-7-10(12)6-13-15/h6-7,9,11,16H,2-5,8,12H2,1H3. The normalized spacial score (nSPS) is 27.1. The van der Waals surface area contributed by atoms with Crippen LogP contribution in [0.4, 0.5) is 5.69 Å². The van der Waals surface area contributed by atoms with Gasteiger partial charge in [0.15, 0.2) is 0 Å². The van der Waals surface area contributed by atoms with Crippen molar-refractivity contribution in [3.05, 3.63) is 12.4 Å². The van der Waals surface area contributed by atoms with Crippen LogP contribution in [-0.4, -0.2) is 45.5 Å². The van der Waals surface area contributed by atoms with Crippen molar-refractivity contribution in [2.75, 3.05) is 25.4 Å². The molecule has 2 unspecified atom stereocenters. The zero-order valence-corrected chi connectivity index (χ0v) is 9.71. The van der Waals surface area contributed by atoms with Crippen LogP contribution in [0, 0.1) is 5.92 Å². The van der Waals surface area contributed by atoms with E-state index in [-0.39, 0.29) is 6.10 Å². The van der Waals surface area contributed by atoms with Crippen LogP contribution in [-0.2, 0) is 6.54 Å². The summed E-state index contributed by atoms with van der Waals surface area (Å²) in [5, 5.41) is 13.9. The highest BCUT2D eigenvalue weighted by atomic mass is 16.3. The Morgan fingerprint density at radius 3 is 3.00 bits per heavy atom. The number of aliphatic hydroxyl groups is 1. The Hall–Kier alpha value is -1.07. The highest BCUT2D eigenvalue weighted by Gasteiger charge is 2.23. The first-order valence-corrected chi connectivity index (χ1v) is 5.83. The highest BCUT2D eigenvalue weighted by Crippen LogP contribution is 2.16. The average Bonchev–Trinajstić information content (AvgIpc) is 2.66. The summed E-state index contributed by atoms with van der Waals surface area (Å²) in [5.74, 6) is 0.427. The number of aliphatic hydroxyl groups excluding tert-OH is 1. The third-order valence-electron chi connectivity index (χ3n) is 3.30. The molecule has 5 nitrogen and oxygen atoms in total. The van der Waals surface area contributed by atoms with Crippen molar-refractivity contribution in [3.8, 4) is 0 Å². The number of aromatic nitrogens is 2. The first kappa shape index (κ1) is 11.4. The monoisotopic (exact) mass is 224 g/mol. The Morgan fingerprint density at radius 1 is 1.56 bits per heavy atom. The maximum atomic E-state index is 9.77. The molecule has 1 saturated heterocycles. The van der Waals surface area contributed by atoms with Gasteiger partial charge >= 0.3 is 0 Å². The van der Waals surface area contributed by atoms with E-state index in [0.717, 1.165) is 32.6 Å². The lowest BCUT2D eigenvalue weighted by molar-refractivity contribution is 0.0276. The Morgan fingerprint density at radius 2 is 2.38 bits per heavy atom. The van der Waals surface area contributed by atoms with E-state index in [9.17, 15) is 5.11 Å². The molecule has 0 aliphatic carbocycles. The lowest BCUT2D eigenvalue weighted by Crippen LogP contribution is -2.43.